The van der Waals surface area contributed by atoms with Crippen LogP contribution in [0.2, 0.25) is 0 Å². The molecular formula is C27H30O6. The highest BCUT2D eigenvalue weighted by atomic mass is 16.7. The lowest BCUT2D eigenvalue weighted by Crippen LogP contribution is -2.60. The first-order chi connectivity index (χ1) is 16.2. The van der Waals surface area contributed by atoms with E-state index in [1.165, 1.54) is 0 Å². The van der Waals surface area contributed by atoms with Crippen molar-refractivity contribution in [1.29, 1.82) is 0 Å². The standard InChI is InChI=1S/C27H30O6/c28-24-26(32-18-22-14-8-3-9-15-22)25(31-17-21-12-6-2-7-13-21)23(33-27(24)29)19-30-16-20-10-4-1-5-11-20/h1-15,23-29H,16-19H2/t23-,24+,25+,26-,27-/m1/s1. The first kappa shape index (κ1) is 23.6. The minimum absolute atomic E-state index is 0.184. The average Bonchev–Trinajstić information content (AvgIpc) is 2.86. The van der Waals surface area contributed by atoms with Crippen molar-refractivity contribution in [1.82, 2.24) is 0 Å². The second kappa shape index (κ2) is 12.0. The normalized spacial score (nSPS) is 25.1. The quantitative estimate of drug-likeness (QED) is 0.493. The molecule has 4 rings (SSSR count). The fraction of sp³-hybridized carbons (Fsp3) is 0.333. The summed E-state index contributed by atoms with van der Waals surface area (Å²) in [6.45, 7) is 1.18. The molecule has 0 aromatic heterocycles. The van der Waals surface area contributed by atoms with E-state index in [2.05, 4.69) is 0 Å². The van der Waals surface area contributed by atoms with Crippen LogP contribution >= 0.6 is 0 Å². The van der Waals surface area contributed by atoms with E-state index in [0.717, 1.165) is 16.7 Å². The molecule has 6 nitrogen and oxygen atoms in total. The van der Waals surface area contributed by atoms with Crippen molar-refractivity contribution in [2.45, 2.75) is 50.5 Å². The number of benzene rings is 3. The zero-order chi connectivity index (χ0) is 22.9. The zero-order valence-corrected chi connectivity index (χ0v) is 18.4. The second-order valence-corrected chi connectivity index (χ2v) is 8.08. The summed E-state index contributed by atoms with van der Waals surface area (Å²) in [5.41, 5.74) is 2.99. The molecule has 5 atom stereocenters. The number of aliphatic hydroxyl groups excluding tert-OH is 2. The molecule has 33 heavy (non-hydrogen) atoms. The van der Waals surface area contributed by atoms with E-state index >= 15 is 0 Å². The molecule has 1 saturated heterocycles. The van der Waals surface area contributed by atoms with Crippen LogP contribution in [0.15, 0.2) is 91.0 Å². The van der Waals surface area contributed by atoms with E-state index in [1.54, 1.807) is 0 Å². The summed E-state index contributed by atoms with van der Waals surface area (Å²) in [6.07, 6.45) is -4.68. The Labute approximate surface area is 194 Å². The Morgan fingerprint density at radius 1 is 0.606 bits per heavy atom. The highest BCUT2D eigenvalue weighted by Gasteiger charge is 2.46. The number of rotatable bonds is 10. The maximum atomic E-state index is 10.7. The third-order valence-electron chi connectivity index (χ3n) is 5.60. The predicted molar refractivity (Wildman–Crippen MR) is 123 cm³/mol. The molecule has 0 amide bonds. The average molecular weight is 451 g/mol. The highest BCUT2D eigenvalue weighted by Crippen LogP contribution is 2.27. The number of aliphatic hydroxyl groups is 2. The Morgan fingerprint density at radius 3 is 1.58 bits per heavy atom. The molecular weight excluding hydrogens is 420 g/mol. The lowest BCUT2D eigenvalue weighted by atomic mass is 9.98. The molecule has 0 unspecified atom stereocenters. The summed E-state index contributed by atoms with van der Waals surface area (Å²) in [7, 11) is 0. The second-order valence-electron chi connectivity index (χ2n) is 8.08. The van der Waals surface area contributed by atoms with Crippen LogP contribution in [0.1, 0.15) is 16.7 Å². The van der Waals surface area contributed by atoms with Gasteiger partial charge < -0.3 is 29.2 Å². The van der Waals surface area contributed by atoms with Gasteiger partial charge in [0, 0.05) is 0 Å². The Morgan fingerprint density at radius 2 is 1.06 bits per heavy atom. The van der Waals surface area contributed by atoms with Gasteiger partial charge >= 0.3 is 0 Å². The smallest absolute Gasteiger partial charge is 0.184 e. The van der Waals surface area contributed by atoms with E-state index in [4.69, 9.17) is 18.9 Å². The van der Waals surface area contributed by atoms with Crippen LogP contribution in [0.25, 0.3) is 0 Å². The SMILES string of the molecule is O[C@H]1[C@@H](OCc2ccccc2)[C@@H](OCc2ccccc2)[C@@H](COCc2ccccc2)O[C@H]1O. The van der Waals surface area contributed by atoms with E-state index in [1.807, 2.05) is 91.0 Å². The van der Waals surface area contributed by atoms with Crippen molar-refractivity contribution < 1.29 is 29.2 Å². The largest absolute Gasteiger partial charge is 0.385 e. The van der Waals surface area contributed by atoms with Crippen LogP contribution in [0.3, 0.4) is 0 Å². The summed E-state index contributed by atoms with van der Waals surface area (Å²) in [4.78, 5) is 0. The van der Waals surface area contributed by atoms with Gasteiger partial charge in [-0.2, -0.15) is 0 Å². The van der Waals surface area contributed by atoms with Crippen LogP contribution in [0.4, 0.5) is 0 Å². The molecule has 0 spiro atoms. The van der Waals surface area contributed by atoms with Crippen molar-refractivity contribution in [3.05, 3.63) is 108 Å². The van der Waals surface area contributed by atoms with Crippen molar-refractivity contribution in [3.8, 4) is 0 Å². The molecule has 3 aromatic carbocycles. The van der Waals surface area contributed by atoms with Crippen LogP contribution in [-0.4, -0.2) is 47.5 Å². The molecule has 1 aliphatic heterocycles. The van der Waals surface area contributed by atoms with E-state index < -0.39 is 30.7 Å². The molecule has 0 radical (unpaired) electrons. The van der Waals surface area contributed by atoms with Crippen molar-refractivity contribution in [2.75, 3.05) is 6.61 Å². The third kappa shape index (κ3) is 6.71. The van der Waals surface area contributed by atoms with Gasteiger partial charge in [0.05, 0.1) is 26.4 Å². The maximum Gasteiger partial charge on any atom is 0.184 e. The van der Waals surface area contributed by atoms with E-state index in [0.29, 0.717) is 13.2 Å². The molecule has 0 saturated carbocycles. The minimum Gasteiger partial charge on any atom is -0.385 e. The molecule has 2 N–H and O–H groups in total. The van der Waals surface area contributed by atoms with Gasteiger partial charge in [0.2, 0.25) is 0 Å². The summed E-state index contributed by atoms with van der Waals surface area (Å²) < 4.78 is 23.9. The number of hydrogen-bond acceptors (Lipinski definition) is 6. The molecule has 1 aliphatic rings. The van der Waals surface area contributed by atoms with E-state index in [9.17, 15) is 10.2 Å². The minimum atomic E-state index is -1.40. The van der Waals surface area contributed by atoms with Gasteiger partial charge in [0.25, 0.3) is 0 Å². The summed E-state index contributed by atoms with van der Waals surface area (Å²) in [5.74, 6) is 0. The molecule has 0 aliphatic carbocycles. The Bertz CT molecular complexity index is 937. The van der Waals surface area contributed by atoms with Gasteiger partial charge in [-0.3, -0.25) is 0 Å². The molecule has 6 heteroatoms. The monoisotopic (exact) mass is 450 g/mol. The Hall–Kier alpha value is -2.58. The van der Waals surface area contributed by atoms with Gasteiger partial charge in [-0.25, -0.2) is 0 Å². The molecule has 3 aromatic rings. The highest BCUT2D eigenvalue weighted by molar-refractivity contribution is 5.15. The number of ether oxygens (including phenoxy) is 4. The van der Waals surface area contributed by atoms with Gasteiger partial charge in [0.15, 0.2) is 6.29 Å². The van der Waals surface area contributed by atoms with Gasteiger partial charge in [-0.05, 0) is 16.7 Å². The number of hydrogen-bond donors (Lipinski definition) is 2. The first-order valence-corrected chi connectivity index (χ1v) is 11.1. The van der Waals surface area contributed by atoms with Crippen molar-refractivity contribution in [2.24, 2.45) is 0 Å². The van der Waals surface area contributed by atoms with Crippen LogP contribution in [0.5, 0.6) is 0 Å². The summed E-state index contributed by atoms with van der Waals surface area (Å²) >= 11 is 0. The molecule has 1 heterocycles. The topological polar surface area (TPSA) is 77.4 Å². The Balaban J connectivity index is 1.46. The fourth-order valence-electron chi connectivity index (χ4n) is 3.84. The summed E-state index contributed by atoms with van der Waals surface area (Å²) in [5, 5.41) is 21.1. The van der Waals surface area contributed by atoms with Crippen LogP contribution in [-0.2, 0) is 38.8 Å². The third-order valence-corrected chi connectivity index (χ3v) is 5.60. The molecule has 1 fully saturated rings. The van der Waals surface area contributed by atoms with Crippen LogP contribution in [0, 0.1) is 0 Å². The predicted octanol–water partition coefficient (Wildman–Crippen LogP) is 3.45. The van der Waals surface area contributed by atoms with Gasteiger partial charge in [-0.15, -0.1) is 0 Å². The fourth-order valence-corrected chi connectivity index (χ4v) is 3.84. The Kier molecular flexibility index (Phi) is 8.60. The lowest BCUT2D eigenvalue weighted by Gasteiger charge is -2.42. The van der Waals surface area contributed by atoms with Gasteiger partial charge in [-0.1, -0.05) is 91.0 Å². The van der Waals surface area contributed by atoms with Crippen LogP contribution < -0.4 is 0 Å². The zero-order valence-electron chi connectivity index (χ0n) is 18.4. The lowest BCUT2D eigenvalue weighted by molar-refractivity contribution is -0.307. The molecule has 0 bridgehead atoms. The van der Waals surface area contributed by atoms with Gasteiger partial charge in [0.1, 0.15) is 24.4 Å². The summed E-state index contributed by atoms with van der Waals surface area (Å²) in [6, 6.07) is 29.3. The molecule has 174 valence electrons. The van der Waals surface area contributed by atoms with Crippen molar-refractivity contribution >= 4 is 0 Å². The van der Waals surface area contributed by atoms with Crippen molar-refractivity contribution in [3.63, 3.8) is 0 Å². The first-order valence-electron chi connectivity index (χ1n) is 11.1. The van der Waals surface area contributed by atoms with E-state index in [-0.39, 0.29) is 13.2 Å². The maximum absolute atomic E-state index is 10.7.